The van der Waals surface area contributed by atoms with Crippen LogP contribution in [0.4, 0.5) is 0 Å². The van der Waals surface area contributed by atoms with Gasteiger partial charge in [0.05, 0.1) is 0 Å². The molecule has 1 atom stereocenters. The van der Waals surface area contributed by atoms with Crippen LogP contribution < -0.4 is 0 Å². The van der Waals surface area contributed by atoms with Crippen molar-refractivity contribution in [3.63, 3.8) is 0 Å². The van der Waals surface area contributed by atoms with Crippen molar-refractivity contribution in [3.8, 4) is 0 Å². The Labute approximate surface area is 76.1 Å². The van der Waals surface area contributed by atoms with Crippen LogP contribution in [-0.4, -0.2) is 14.7 Å². The molecule has 3 nitrogen and oxygen atoms in total. The second-order valence-electron chi connectivity index (χ2n) is 2.05. The Morgan fingerprint density at radius 1 is 1.82 bits per heavy atom. The lowest BCUT2D eigenvalue weighted by atomic mass is 10.4. The smallest absolute Gasteiger partial charge is 0.141 e. The summed E-state index contributed by atoms with van der Waals surface area (Å²) in [5, 5.41) is 9.09. The van der Waals surface area contributed by atoms with E-state index >= 15 is 0 Å². The van der Waals surface area contributed by atoms with E-state index in [2.05, 4.69) is 11.6 Å². The van der Waals surface area contributed by atoms with Gasteiger partial charge in [-0.2, -0.15) is 0 Å². The molecule has 0 spiro atoms. The third-order valence-electron chi connectivity index (χ3n) is 1.27. The SMILES string of the molecule is Br.C=Cn1ccnc1C(C)O. The van der Waals surface area contributed by atoms with E-state index in [-0.39, 0.29) is 17.0 Å². The van der Waals surface area contributed by atoms with Gasteiger partial charge in [0, 0.05) is 18.6 Å². The lowest BCUT2D eigenvalue weighted by molar-refractivity contribution is 0.188. The van der Waals surface area contributed by atoms with Crippen LogP contribution in [0.2, 0.25) is 0 Å². The zero-order chi connectivity index (χ0) is 7.56. The fourth-order valence-electron chi connectivity index (χ4n) is 0.803. The third kappa shape index (κ3) is 2.17. The van der Waals surface area contributed by atoms with Crippen molar-refractivity contribution in [1.29, 1.82) is 0 Å². The summed E-state index contributed by atoms with van der Waals surface area (Å²) in [7, 11) is 0. The van der Waals surface area contributed by atoms with Gasteiger partial charge in [0.2, 0.25) is 0 Å². The quantitative estimate of drug-likeness (QED) is 0.820. The highest BCUT2D eigenvalue weighted by Crippen LogP contribution is 2.08. The molecular weight excluding hydrogens is 208 g/mol. The van der Waals surface area contributed by atoms with Crippen LogP contribution in [0.1, 0.15) is 18.9 Å². The summed E-state index contributed by atoms with van der Waals surface area (Å²) < 4.78 is 1.69. The molecule has 11 heavy (non-hydrogen) atoms. The van der Waals surface area contributed by atoms with Gasteiger partial charge in [-0.05, 0) is 6.92 Å². The number of halogens is 1. The normalized spacial score (nSPS) is 11.8. The van der Waals surface area contributed by atoms with Gasteiger partial charge in [-0.25, -0.2) is 4.98 Å². The van der Waals surface area contributed by atoms with E-state index in [1.54, 1.807) is 30.1 Å². The van der Waals surface area contributed by atoms with Gasteiger partial charge in [-0.15, -0.1) is 17.0 Å². The minimum absolute atomic E-state index is 0. The maximum atomic E-state index is 9.09. The molecule has 0 aliphatic rings. The Bertz CT molecular complexity index is 232. The van der Waals surface area contributed by atoms with Gasteiger partial charge in [0.15, 0.2) is 0 Å². The van der Waals surface area contributed by atoms with E-state index in [0.717, 1.165) is 0 Å². The van der Waals surface area contributed by atoms with E-state index in [9.17, 15) is 0 Å². The Balaban J connectivity index is 0.000001000. The van der Waals surface area contributed by atoms with E-state index in [1.807, 2.05) is 0 Å². The predicted molar refractivity (Wildman–Crippen MR) is 49.6 cm³/mol. The lowest BCUT2D eigenvalue weighted by Gasteiger charge is -2.02. The van der Waals surface area contributed by atoms with Crippen LogP contribution in [0.15, 0.2) is 19.0 Å². The van der Waals surface area contributed by atoms with E-state index in [4.69, 9.17) is 5.11 Å². The molecular formula is C7H11BrN2O. The first kappa shape index (κ1) is 10.4. The van der Waals surface area contributed by atoms with E-state index in [0.29, 0.717) is 5.82 Å². The Hall–Kier alpha value is -0.610. The molecule has 1 aromatic rings. The number of aliphatic hydroxyl groups excluding tert-OH is 1. The summed E-state index contributed by atoms with van der Waals surface area (Å²) in [6, 6.07) is 0. The molecule has 0 saturated heterocycles. The standard InChI is InChI=1S/C7H10N2O.BrH/c1-3-9-5-4-8-7(9)6(2)10;/h3-6,10H,1H2,2H3;1H. The first-order chi connectivity index (χ1) is 4.75. The fourth-order valence-corrected chi connectivity index (χ4v) is 0.803. The average Bonchev–Trinajstić information content (AvgIpc) is 2.33. The first-order valence-electron chi connectivity index (χ1n) is 3.09. The van der Waals surface area contributed by atoms with Crippen molar-refractivity contribution < 1.29 is 5.11 Å². The molecule has 0 aromatic carbocycles. The van der Waals surface area contributed by atoms with Crippen LogP contribution in [0, 0.1) is 0 Å². The van der Waals surface area contributed by atoms with Crippen LogP contribution in [0.25, 0.3) is 6.20 Å². The summed E-state index contributed by atoms with van der Waals surface area (Å²) in [5.74, 6) is 0.620. The summed E-state index contributed by atoms with van der Waals surface area (Å²) >= 11 is 0. The number of hydrogen-bond acceptors (Lipinski definition) is 2. The molecule has 0 saturated carbocycles. The molecule has 62 valence electrons. The zero-order valence-corrected chi connectivity index (χ0v) is 7.98. The Morgan fingerprint density at radius 3 is 2.82 bits per heavy atom. The predicted octanol–water partition coefficient (Wildman–Crippen LogP) is 1.61. The van der Waals surface area contributed by atoms with Crippen molar-refractivity contribution in [2.45, 2.75) is 13.0 Å². The highest BCUT2D eigenvalue weighted by molar-refractivity contribution is 8.93. The lowest BCUT2D eigenvalue weighted by Crippen LogP contribution is -1.99. The molecule has 0 amide bonds. The number of rotatable bonds is 2. The summed E-state index contributed by atoms with van der Waals surface area (Å²) in [6.45, 7) is 5.23. The molecule has 0 radical (unpaired) electrons. The number of nitrogens with zero attached hydrogens (tertiary/aromatic N) is 2. The largest absolute Gasteiger partial charge is 0.385 e. The molecule has 1 unspecified atom stereocenters. The van der Waals surface area contributed by atoms with Crippen molar-refractivity contribution >= 4 is 23.2 Å². The zero-order valence-electron chi connectivity index (χ0n) is 6.27. The molecule has 0 aliphatic heterocycles. The second-order valence-corrected chi connectivity index (χ2v) is 2.05. The second kappa shape index (κ2) is 4.31. The maximum Gasteiger partial charge on any atom is 0.141 e. The van der Waals surface area contributed by atoms with Crippen LogP contribution in [-0.2, 0) is 0 Å². The van der Waals surface area contributed by atoms with Gasteiger partial charge >= 0.3 is 0 Å². The molecule has 1 aromatic heterocycles. The monoisotopic (exact) mass is 218 g/mol. The van der Waals surface area contributed by atoms with Crippen molar-refractivity contribution in [2.24, 2.45) is 0 Å². The van der Waals surface area contributed by atoms with Gasteiger partial charge in [-0.3, -0.25) is 0 Å². The fraction of sp³-hybridized carbons (Fsp3) is 0.286. The molecule has 0 fully saturated rings. The van der Waals surface area contributed by atoms with Crippen LogP contribution in [0.3, 0.4) is 0 Å². The van der Waals surface area contributed by atoms with Gasteiger partial charge in [-0.1, -0.05) is 6.58 Å². The average molecular weight is 219 g/mol. The topological polar surface area (TPSA) is 38.0 Å². The third-order valence-corrected chi connectivity index (χ3v) is 1.27. The van der Waals surface area contributed by atoms with Crippen molar-refractivity contribution in [2.75, 3.05) is 0 Å². The van der Waals surface area contributed by atoms with E-state index in [1.165, 1.54) is 0 Å². The van der Waals surface area contributed by atoms with Gasteiger partial charge in [0.25, 0.3) is 0 Å². The van der Waals surface area contributed by atoms with Crippen molar-refractivity contribution in [3.05, 3.63) is 24.8 Å². The van der Waals surface area contributed by atoms with Crippen LogP contribution >= 0.6 is 17.0 Å². The van der Waals surface area contributed by atoms with E-state index < -0.39 is 6.10 Å². The molecule has 0 aliphatic carbocycles. The molecule has 1 N–H and O–H groups in total. The summed E-state index contributed by atoms with van der Waals surface area (Å²) in [4.78, 5) is 3.93. The van der Waals surface area contributed by atoms with Gasteiger partial charge < -0.3 is 9.67 Å². The molecule has 1 rings (SSSR count). The minimum atomic E-state index is -0.534. The molecule has 1 heterocycles. The number of aliphatic hydroxyl groups is 1. The number of aromatic nitrogens is 2. The Morgan fingerprint density at radius 2 is 2.45 bits per heavy atom. The maximum absolute atomic E-state index is 9.09. The minimum Gasteiger partial charge on any atom is -0.385 e. The Kier molecular flexibility index (Phi) is 4.07. The number of hydrogen-bond donors (Lipinski definition) is 1. The highest BCUT2D eigenvalue weighted by atomic mass is 79.9. The molecule has 4 heteroatoms. The summed E-state index contributed by atoms with van der Waals surface area (Å²) in [6.07, 6.45) is 4.45. The number of imidazole rings is 1. The van der Waals surface area contributed by atoms with Gasteiger partial charge in [0.1, 0.15) is 11.9 Å². The van der Waals surface area contributed by atoms with Crippen LogP contribution in [0.5, 0.6) is 0 Å². The first-order valence-corrected chi connectivity index (χ1v) is 3.09. The molecule has 0 bridgehead atoms. The highest BCUT2D eigenvalue weighted by Gasteiger charge is 2.04. The van der Waals surface area contributed by atoms with Crippen molar-refractivity contribution in [1.82, 2.24) is 9.55 Å². The summed E-state index contributed by atoms with van der Waals surface area (Å²) in [5.41, 5.74) is 0.